The van der Waals surface area contributed by atoms with E-state index in [1.807, 2.05) is 0 Å². The molecule has 0 saturated heterocycles. The number of anilines is 1. The third-order valence-corrected chi connectivity index (χ3v) is 2.55. The van der Waals surface area contributed by atoms with E-state index in [0.717, 1.165) is 12.3 Å². The van der Waals surface area contributed by atoms with Crippen LogP contribution in [0.4, 0.5) is 5.69 Å². The number of rotatable bonds is 2. The van der Waals surface area contributed by atoms with Gasteiger partial charge < -0.3 is 4.90 Å². The molecule has 0 bridgehead atoms. The topological polar surface area (TPSA) is 3.24 Å². The third kappa shape index (κ3) is 1.31. The quantitative estimate of drug-likeness (QED) is 0.679. The number of para-hydroxylation sites is 1. The predicted octanol–water partition coefficient (Wildman–Crippen LogP) is 1.98. The molecule has 0 saturated carbocycles. The number of nitrogens with zero attached hydrogens (tertiary/aromatic N) is 1. The molecule has 0 unspecified atom stereocenters. The zero-order chi connectivity index (χ0) is 8.39. The van der Waals surface area contributed by atoms with Gasteiger partial charge in [-0.2, -0.15) is 12.6 Å². The van der Waals surface area contributed by atoms with Gasteiger partial charge in [0.05, 0.1) is 0 Å². The summed E-state index contributed by atoms with van der Waals surface area (Å²) < 4.78 is 0. The lowest BCUT2D eigenvalue weighted by atomic mass is 10.2. The highest BCUT2D eigenvalue weighted by Crippen LogP contribution is 2.26. The molecule has 0 aromatic heterocycles. The Labute approximate surface area is 78.8 Å². The Balaban J connectivity index is 2.24. The van der Waals surface area contributed by atoms with E-state index in [2.05, 4.69) is 41.8 Å². The Morgan fingerprint density at radius 1 is 1.33 bits per heavy atom. The van der Waals surface area contributed by atoms with Crippen LogP contribution in [-0.4, -0.2) is 18.8 Å². The van der Waals surface area contributed by atoms with Crippen LogP contribution in [0.25, 0.3) is 0 Å². The van der Waals surface area contributed by atoms with E-state index in [1.54, 1.807) is 0 Å². The van der Waals surface area contributed by atoms with Gasteiger partial charge >= 0.3 is 0 Å². The Bertz CT molecular complexity index is 270. The van der Waals surface area contributed by atoms with E-state index in [9.17, 15) is 0 Å². The Hall–Kier alpha value is -0.630. The predicted molar refractivity (Wildman–Crippen MR) is 56.2 cm³/mol. The van der Waals surface area contributed by atoms with Crippen molar-refractivity contribution in [1.82, 2.24) is 0 Å². The van der Waals surface area contributed by atoms with Gasteiger partial charge in [-0.1, -0.05) is 18.2 Å². The third-order valence-electron chi connectivity index (χ3n) is 2.35. The highest BCUT2D eigenvalue weighted by Gasteiger charge is 2.16. The first-order valence-electron chi connectivity index (χ1n) is 4.35. The zero-order valence-corrected chi connectivity index (χ0v) is 7.93. The van der Waals surface area contributed by atoms with Crippen molar-refractivity contribution in [3.05, 3.63) is 29.8 Å². The molecule has 0 N–H and O–H groups in total. The standard InChI is InChI=1S/C10H13NS/c12-8-7-11-6-5-9-3-1-2-4-10(9)11/h1-4,12H,5-8H2. The summed E-state index contributed by atoms with van der Waals surface area (Å²) in [5, 5.41) is 0. The normalized spacial score (nSPS) is 14.9. The van der Waals surface area contributed by atoms with Crippen molar-refractivity contribution in [2.75, 3.05) is 23.7 Å². The summed E-state index contributed by atoms with van der Waals surface area (Å²) in [5.41, 5.74) is 2.89. The second-order valence-electron chi connectivity index (χ2n) is 3.09. The van der Waals surface area contributed by atoms with Crippen LogP contribution in [0.1, 0.15) is 5.56 Å². The molecule has 1 aromatic carbocycles. The number of benzene rings is 1. The molecule has 1 nitrogen and oxygen atoms in total. The van der Waals surface area contributed by atoms with E-state index >= 15 is 0 Å². The molecule has 2 heteroatoms. The van der Waals surface area contributed by atoms with Crippen molar-refractivity contribution < 1.29 is 0 Å². The first-order valence-corrected chi connectivity index (χ1v) is 4.99. The average Bonchev–Trinajstić information content (AvgIpc) is 2.50. The first kappa shape index (κ1) is 7.99. The fourth-order valence-corrected chi connectivity index (χ4v) is 2.00. The van der Waals surface area contributed by atoms with E-state index < -0.39 is 0 Å². The van der Waals surface area contributed by atoms with Gasteiger partial charge in [0.2, 0.25) is 0 Å². The molecule has 1 aliphatic heterocycles. The van der Waals surface area contributed by atoms with E-state index in [1.165, 1.54) is 24.2 Å². The molecular formula is C10H13NS. The molecule has 0 radical (unpaired) electrons. The summed E-state index contributed by atoms with van der Waals surface area (Å²) in [6, 6.07) is 8.64. The van der Waals surface area contributed by atoms with Crippen molar-refractivity contribution >= 4 is 18.3 Å². The fourth-order valence-electron chi connectivity index (χ4n) is 1.76. The Kier molecular flexibility index (Phi) is 2.26. The molecule has 1 aromatic rings. The van der Waals surface area contributed by atoms with Crippen LogP contribution < -0.4 is 4.90 Å². The molecule has 0 fully saturated rings. The summed E-state index contributed by atoms with van der Waals surface area (Å²) in [7, 11) is 0. The summed E-state index contributed by atoms with van der Waals surface area (Å²) in [5.74, 6) is 0.939. The molecule has 0 atom stereocenters. The molecule has 12 heavy (non-hydrogen) atoms. The number of fused-ring (bicyclic) bond motifs is 1. The second-order valence-corrected chi connectivity index (χ2v) is 3.54. The van der Waals surface area contributed by atoms with Crippen molar-refractivity contribution in [2.24, 2.45) is 0 Å². The molecule has 0 spiro atoms. The van der Waals surface area contributed by atoms with E-state index in [4.69, 9.17) is 0 Å². The number of hydrogen-bond donors (Lipinski definition) is 1. The molecule has 2 rings (SSSR count). The fraction of sp³-hybridized carbons (Fsp3) is 0.400. The monoisotopic (exact) mass is 179 g/mol. The molecular weight excluding hydrogens is 166 g/mol. The van der Waals surface area contributed by atoms with Crippen LogP contribution >= 0.6 is 12.6 Å². The Morgan fingerprint density at radius 3 is 3.00 bits per heavy atom. The maximum Gasteiger partial charge on any atom is 0.0399 e. The smallest absolute Gasteiger partial charge is 0.0399 e. The van der Waals surface area contributed by atoms with Crippen LogP contribution in [-0.2, 0) is 6.42 Å². The van der Waals surface area contributed by atoms with Crippen molar-refractivity contribution in [3.8, 4) is 0 Å². The summed E-state index contributed by atoms with van der Waals surface area (Å²) >= 11 is 4.25. The van der Waals surface area contributed by atoms with Gasteiger partial charge in [-0.15, -0.1) is 0 Å². The maximum atomic E-state index is 4.25. The maximum absolute atomic E-state index is 4.25. The average molecular weight is 179 g/mol. The summed E-state index contributed by atoms with van der Waals surface area (Å²) in [4.78, 5) is 2.41. The molecule has 64 valence electrons. The van der Waals surface area contributed by atoms with Crippen LogP contribution in [0.5, 0.6) is 0 Å². The van der Waals surface area contributed by atoms with Gasteiger partial charge in [0.25, 0.3) is 0 Å². The zero-order valence-electron chi connectivity index (χ0n) is 7.03. The first-order chi connectivity index (χ1) is 5.92. The number of hydrogen-bond acceptors (Lipinski definition) is 2. The van der Waals surface area contributed by atoms with E-state index in [0.29, 0.717) is 0 Å². The molecule has 0 aliphatic carbocycles. The highest BCUT2D eigenvalue weighted by atomic mass is 32.1. The van der Waals surface area contributed by atoms with Crippen LogP contribution in [0.2, 0.25) is 0 Å². The minimum atomic E-state index is 0.939. The minimum absolute atomic E-state index is 0.939. The van der Waals surface area contributed by atoms with Crippen molar-refractivity contribution in [3.63, 3.8) is 0 Å². The summed E-state index contributed by atoms with van der Waals surface area (Å²) in [6.07, 6.45) is 1.20. The molecule has 1 heterocycles. The summed E-state index contributed by atoms with van der Waals surface area (Å²) in [6.45, 7) is 2.24. The minimum Gasteiger partial charge on any atom is -0.370 e. The molecule has 0 amide bonds. The van der Waals surface area contributed by atoms with Gasteiger partial charge in [0.1, 0.15) is 0 Å². The van der Waals surface area contributed by atoms with E-state index in [-0.39, 0.29) is 0 Å². The van der Waals surface area contributed by atoms with Crippen LogP contribution in [0.15, 0.2) is 24.3 Å². The Morgan fingerprint density at radius 2 is 2.17 bits per heavy atom. The van der Waals surface area contributed by atoms with Crippen molar-refractivity contribution in [2.45, 2.75) is 6.42 Å². The van der Waals surface area contributed by atoms with Crippen LogP contribution in [0, 0.1) is 0 Å². The largest absolute Gasteiger partial charge is 0.370 e. The van der Waals surface area contributed by atoms with Gasteiger partial charge in [0, 0.05) is 24.5 Å². The van der Waals surface area contributed by atoms with Gasteiger partial charge in [0.15, 0.2) is 0 Å². The van der Waals surface area contributed by atoms with Gasteiger partial charge in [-0.05, 0) is 18.1 Å². The SMILES string of the molecule is SCCN1CCc2ccccc21. The van der Waals surface area contributed by atoms with Gasteiger partial charge in [-0.3, -0.25) is 0 Å². The second kappa shape index (κ2) is 3.40. The number of thiol groups is 1. The molecule has 1 aliphatic rings. The van der Waals surface area contributed by atoms with Crippen LogP contribution in [0.3, 0.4) is 0 Å². The lowest BCUT2D eigenvalue weighted by Gasteiger charge is -2.17. The lowest BCUT2D eigenvalue weighted by molar-refractivity contribution is 0.875. The van der Waals surface area contributed by atoms with Crippen molar-refractivity contribution in [1.29, 1.82) is 0 Å². The highest BCUT2D eigenvalue weighted by molar-refractivity contribution is 7.80. The van der Waals surface area contributed by atoms with Gasteiger partial charge in [-0.25, -0.2) is 0 Å². The lowest BCUT2D eigenvalue weighted by Crippen LogP contribution is -2.22.